The summed E-state index contributed by atoms with van der Waals surface area (Å²) in [6, 6.07) is 14.3. The summed E-state index contributed by atoms with van der Waals surface area (Å²) in [7, 11) is 0. The van der Waals surface area contributed by atoms with Crippen molar-refractivity contribution in [1.82, 2.24) is 4.98 Å². The van der Waals surface area contributed by atoms with E-state index in [0.717, 1.165) is 21.5 Å². The predicted octanol–water partition coefficient (Wildman–Crippen LogP) is 2.93. The molecule has 4 nitrogen and oxygen atoms in total. The Morgan fingerprint density at radius 3 is 2.80 bits per heavy atom. The normalized spacial score (nSPS) is 12.2. The van der Waals surface area contributed by atoms with Crippen LogP contribution in [0, 0.1) is 0 Å². The minimum Gasteiger partial charge on any atom is -0.324 e. The quantitative estimate of drug-likeness (QED) is 0.776. The third-order valence-corrected chi connectivity index (χ3v) is 3.83. The highest BCUT2D eigenvalue weighted by molar-refractivity contribution is 7.16. The lowest BCUT2D eigenvalue weighted by Gasteiger charge is -2.12. The highest BCUT2D eigenvalue weighted by Gasteiger charge is 2.15. The summed E-state index contributed by atoms with van der Waals surface area (Å²) in [5.74, 6) is -0.222. The molecule has 5 heteroatoms. The number of hydrogen-bond acceptors (Lipinski definition) is 4. The molecular weight excluding hydrogens is 270 g/mol. The van der Waals surface area contributed by atoms with Gasteiger partial charge in [0.05, 0.1) is 15.7 Å². The van der Waals surface area contributed by atoms with Gasteiger partial charge in [0.1, 0.15) is 6.04 Å². The summed E-state index contributed by atoms with van der Waals surface area (Å²) in [5, 5.41) is 2.84. The predicted molar refractivity (Wildman–Crippen MR) is 81.6 cm³/mol. The molecule has 3 aromatic rings. The molecule has 0 aliphatic carbocycles. The van der Waals surface area contributed by atoms with E-state index in [1.807, 2.05) is 48.5 Å². The molecule has 2 aromatic carbocycles. The largest absolute Gasteiger partial charge is 0.324 e. The molecular formula is C15H13N3OS. The zero-order valence-electron chi connectivity index (χ0n) is 10.6. The highest BCUT2D eigenvalue weighted by Crippen LogP contribution is 2.22. The molecule has 100 valence electrons. The van der Waals surface area contributed by atoms with Gasteiger partial charge in [-0.1, -0.05) is 30.3 Å². The number of hydrogen-bond donors (Lipinski definition) is 2. The van der Waals surface area contributed by atoms with Crippen LogP contribution in [0.3, 0.4) is 0 Å². The van der Waals surface area contributed by atoms with E-state index in [1.165, 1.54) is 11.3 Å². The molecule has 0 unspecified atom stereocenters. The third-order valence-electron chi connectivity index (χ3n) is 3.04. The molecule has 0 aliphatic heterocycles. The van der Waals surface area contributed by atoms with Crippen molar-refractivity contribution in [3.8, 4) is 0 Å². The van der Waals surface area contributed by atoms with Crippen LogP contribution in [-0.2, 0) is 4.79 Å². The van der Waals surface area contributed by atoms with E-state index in [-0.39, 0.29) is 5.91 Å². The Bertz CT molecular complexity index is 739. The number of carbonyl (C=O) groups is 1. The van der Waals surface area contributed by atoms with Crippen molar-refractivity contribution in [3.63, 3.8) is 0 Å². The van der Waals surface area contributed by atoms with Gasteiger partial charge in [0.25, 0.3) is 0 Å². The van der Waals surface area contributed by atoms with Crippen LogP contribution >= 0.6 is 11.3 Å². The van der Waals surface area contributed by atoms with E-state index in [4.69, 9.17) is 5.73 Å². The number of nitrogens with one attached hydrogen (secondary N) is 1. The van der Waals surface area contributed by atoms with Crippen molar-refractivity contribution < 1.29 is 4.79 Å². The maximum atomic E-state index is 12.1. The van der Waals surface area contributed by atoms with Gasteiger partial charge in [-0.05, 0) is 23.8 Å². The van der Waals surface area contributed by atoms with E-state index in [0.29, 0.717) is 0 Å². The molecule has 1 heterocycles. The molecule has 1 amide bonds. The number of nitrogens with zero attached hydrogens (tertiary/aromatic N) is 1. The maximum absolute atomic E-state index is 12.1. The monoisotopic (exact) mass is 283 g/mol. The number of carbonyl (C=O) groups excluding carboxylic acids is 1. The molecule has 0 saturated carbocycles. The maximum Gasteiger partial charge on any atom is 0.245 e. The van der Waals surface area contributed by atoms with Crippen LogP contribution in [-0.4, -0.2) is 10.9 Å². The average Bonchev–Trinajstić information content (AvgIpc) is 2.95. The second kappa shape index (κ2) is 5.40. The summed E-state index contributed by atoms with van der Waals surface area (Å²) in [5.41, 5.74) is 10.2. The molecule has 0 saturated heterocycles. The molecule has 20 heavy (non-hydrogen) atoms. The minimum absolute atomic E-state index is 0.222. The van der Waals surface area contributed by atoms with Gasteiger partial charge >= 0.3 is 0 Å². The van der Waals surface area contributed by atoms with Crippen LogP contribution in [0.15, 0.2) is 54.0 Å². The summed E-state index contributed by atoms with van der Waals surface area (Å²) >= 11 is 1.54. The van der Waals surface area contributed by atoms with Crippen molar-refractivity contribution in [3.05, 3.63) is 59.6 Å². The number of aromatic nitrogens is 1. The van der Waals surface area contributed by atoms with Gasteiger partial charge in [-0.2, -0.15) is 0 Å². The molecule has 0 aliphatic rings. The Morgan fingerprint density at radius 1 is 1.20 bits per heavy atom. The fourth-order valence-corrected chi connectivity index (χ4v) is 2.68. The minimum atomic E-state index is -0.673. The Balaban J connectivity index is 1.78. The number of benzene rings is 2. The fraction of sp³-hybridized carbons (Fsp3) is 0.0667. The summed E-state index contributed by atoms with van der Waals surface area (Å²) in [4.78, 5) is 16.3. The first kappa shape index (κ1) is 12.8. The van der Waals surface area contributed by atoms with Gasteiger partial charge in [-0.25, -0.2) is 4.98 Å². The lowest BCUT2D eigenvalue weighted by molar-refractivity contribution is -0.117. The SMILES string of the molecule is N[C@@H](C(=O)Nc1ccc2ncsc2c1)c1ccccc1. The van der Waals surface area contributed by atoms with Gasteiger partial charge in [-0.15, -0.1) is 11.3 Å². The van der Waals surface area contributed by atoms with Crippen molar-refractivity contribution in [2.24, 2.45) is 5.73 Å². The zero-order chi connectivity index (χ0) is 13.9. The third kappa shape index (κ3) is 2.54. The van der Waals surface area contributed by atoms with Crippen LogP contribution in [0.1, 0.15) is 11.6 Å². The lowest BCUT2D eigenvalue weighted by Crippen LogP contribution is -2.27. The van der Waals surface area contributed by atoms with Crippen molar-refractivity contribution in [1.29, 1.82) is 0 Å². The van der Waals surface area contributed by atoms with E-state index in [2.05, 4.69) is 10.3 Å². The van der Waals surface area contributed by atoms with Crippen LogP contribution in [0.4, 0.5) is 5.69 Å². The second-order valence-electron chi connectivity index (χ2n) is 4.41. The molecule has 1 aromatic heterocycles. The number of nitrogens with two attached hydrogens (primary N) is 1. The summed E-state index contributed by atoms with van der Waals surface area (Å²) in [6.07, 6.45) is 0. The summed E-state index contributed by atoms with van der Waals surface area (Å²) in [6.45, 7) is 0. The number of amides is 1. The Labute approximate surface area is 120 Å². The van der Waals surface area contributed by atoms with Gasteiger partial charge < -0.3 is 11.1 Å². The van der Waals surface area contributed by atoms with E-state index in [1.54, 1.807) is 5.51 Å². The van der Waals surface area contributed by atoms with Gasteiger partial charge in [0, 0.05) is 5.69 Å². The molecule has 1 atom stereocenters. The highest BCUT2D eigenvalue weighted by atomic mass is 32.1. The lowest BCUT2D eigenvalue weighted by atomic mass is 10.1. The molecule has 0 fully saturated rings. The van der Waals surface area contributed by atoms with E-state index < -0.39 is 6.04 Å². The molecule has 0 radical (unpaired) electrons. The van der Waals surface area contributed by atoms with Crippen LogP contribution in [0.2, 0.25) is 0 Å². The molecule has 0 bridgehead atoms. The fourth-order valence-electron chi connectivity index (χ4n) is 1.96. The summed E-state index contributed by atoms with van der Waals surface area (Å²) < 4.78 is 1.04. The zero-order valence-corrected chi connectivity index (χ0v) is 11.4. The second-order valence-corrected chi connectivity index (χ2v) is 5.30. The van der Waals surface area contributed by atoms with Crippen molar-refractivity contribution in [2.45, 2.75) is 6.04 Å². The topological polar surface area (TPSA) is 68.0 Å². The smallest absolute Gasteiger partial charge is 0.245 e. The number of thiazole rings is 1. The number of rotatable bonds is 3. The number of fused-ring (bicyclic) bond motifs is 1. The van der Waals surface area contributed by atoms with Gasteiger partial charge in [-0.3, -0.25) is 4.79 Å². The van der Waals surface area contributed by atoms with Gasteiger partial charge in [0.15, 0.2) is 0 Å². The van der Waals surface area contributed by atoms with Crippen molar-refractivity contribution >= 4 is 33.1 Å². The van der Waals surface area contributed by atoms with Crippen LogP contribution in [0.5, 0.6) is 0 Å². The van der Waals surface area contributed by atoms with Crippen LogP contribution in [0.25, 0.3) is 10.2 Å². The van der Waals surface area contributed by atoms with Crippen molar-refractivity contribution in [2.75, 3.05) is 5.32 Å². The Hall–Kier alpha value is -2.24. The first-order valence-corrected chi connectivity index (χ1v) is 7.06. The van der Waals surface area contributed by atoms with E-state index >= 15 is 0 Å². The molecule has 3 rings (SSSR count). The van der Waals surface area contributed by atoms with Crippen LogP contribution < -0.4 is 11.1 Å². The Kier molecular flexibility index (Phi) is 3.45. The van der Waals surface area contributed by atoms with E-state index in [9.17, 15) is 4.79 Å². The Morgan fingerprint density at radius 2 is 2.00 bits per heavy atom. The van der Waals surface area contributed by atoms with Gasteiger partial charge in [0.2, 0.25) is 5.91 Å². The molecule has 3 N–H and O–H groups in total. The molecule has 0 spiro atoms. The average molecular weight is 283 g/mol. The number of anilines is 1. The first-order valence-electron chi connectivity index (χ1n) is 6.19. The first-order chi connectivity index (χ1) is 9.74. The standard InChI is InChI=1S/C15H13N3OS/c16-14(10-4-2-1-3-5-10)15(19)18-11-6-7-12-13(8-11)20-9-17-12/h1-9,14H,16H2,(H,18,19)/t14-/m1/s1.